The Bertz CT molecular complexity index is 1210. The Kier molecular flexibility index (Phi) is 6.13. The van der Waals surface area contributed by atoms with E-state index >= 15 is 0 Å². The SMILES string of the molecule is O=C(Nc1ccc(C(F)(F)F)c(F)c1)c1cccc2c1OCC(CO)N2c1ncccc1Cl. The fraction of sp³-hybridized carbons (Fsp3) is 0.182. The van der Waals surface area contributed by atoms with Crippen LogP contribution in [0, 0.1) is 5.82 Å². The number of alkyl halides is 3. The van der Waals surface area contributed by atoms with Crippen LogP contribution in [-0.2, 0) is 6.18 Å². The molecule has 0 fully saturated rings. The summed E-state index contributed by atoms with van der Waals surface area (Å²) in [5.41, 5.74) is -1.12. The van der Waals surface area contributed by atoms with Crippen LogP contribution >= 0.6 is 11.6 Å². The van der Waals surface area contributed by atoms with Gasteiger partial charge in [0.15, 0.2) is 11.6 Å². The van der Waals surface area contributed by atoms with Crippen LogP contribution in [0.3, 0.4) is 0 Å². The first kappa shape index (κ1) is 22.8. The first-order valence-corrected chi connectivity index (χ1v) is 10.0. The second kappa shape index (κ2) is 8.87. The van der Waals surface area contributed by atoms with E-state index in [0.29, 0.717) is 28.7 Å². The van der Waals surface area contributed by atoms with E-state index in [1.54, 1.807) is 29.2 Å². The summed E-state index contributed by atoms with van der Waals surface area (Å²) >= 11 is 6.29. The molecule has 1 amide bonds. The normalized spacial score (nSPS) is 15.6. The number of fused-ring (bicyclic) bond motifs is 1. The molecule has 6 nitrogen and oxygen atoms in total. The highest BCUT2D eigenvalue weighted by molar-refractivity contribution is 6.33. The zero-order chi connectivity index (χ0) is 23.8. The standard InChI is InChI=1S/C22H16ClF4N3O3/c23-16-4-2-8-28-20(16)30-13(10-31)11-33-19-14(3-1-5-18(19)30)21(32)29-12-6-7-15(17(24)9-12)22(25,26)27/h1-9,13,31H,10-11H2,(H,29,32). The number of aromatic nitrogens is 1. The average molecular weight is 482 g/mol. The highest BCUT2D eigenvalue weighted by Gasteiger charge is 2.35. The van der Waals surface area contributed by atoms with Crippen molar-refractivity contribution in [2.24, 2.45) is 0 Å². The molecule has 1 aromatic heterocycles. The van der Waals surface area contributed by atoms with E-state index in [9.17, 15) is 27.5 Å². The molecule has 4 rings (SSSR count). The minimum atomic E-state index is -4.85. The molecule has 2 N–H and O–H groups in total. The number of aliphatic hydroxyl groups excluding tert-OH is 1. The van der Waals surface area contributed by atoms with Crippen molar-refractivity contribution in [2.45, 2.75) is 12.2 Å². The Morgan fingerprint density at radius 1 is 1.24 bits per heavy atom. The maximum absolute atomic E-state index is 13.9. The van der Waals surface area contributed by atoms with E-state index in [4.69, 9.17) is 16.3 Å². The number of nitrogens with zero attached hydrogens (tertiary/aromatic N) is 2. The van der Waals surface area contributed by atoms with Gasteiger partial charge < -0.3 is 20.1 Å². The van der Waals surface area contributed by atoms with Crippen LogP contribution in [0.15, 0.2) is 54.7 Å². The minimum Gasteiger partial charge on any atom is -0.488 e. The molecular formula is C22H16ClF4N3O3. The molecule has 0 spiro atoms. The number of para-hydroxylation sites is 1. The predicted octanol–water partition coefficient (Wildman–Crippen LogP) is 5.04. The molecule has 1 atom stereocenters. The Labute approximate surface area is 190 Å². The lowest BCUT2D eigenvalue weighted by atomic mass is 10.1. The molecule has 0 saturated carbocycles. The Morgan fingerprint density at radius 3 is 2.70 bits per heavy atom. The summed E-state index contributed by atoms with van der Waals surface area (Å²) in [4.78, 5) is 18.8. The molecule has 33 heavy (non-hydrogen) atoms. The number of halogens is 5. The fourth-order valence-corrected chi connectivity index (χ4v) is 3.71. The second-order valence-corrected chi connectivity index (χ2v) is 7.53. The van der Waals surface area contributed by atoms with E-state index in [-0.39, 0.29) is 30.2 Å². The summed E-state index contributed by atoms with van der Waals surface area (Å²) in [5.74, 6) is -1.71. The number of anilines is 3. The van der Waals surface area contributed by atoms with Crippen LogP contribution in [0.1, 0.15) is 15.9 Å². The molecule has 0 radical (unpaired) electrons. The summed E-state index contributed by atoms with van der Waals surface area (Å²) in [6, 6.07) is 9.51. The van der Waals surface area contributed by atoms with Gasteiger partial charge in [0.1, 0.15) is 12.4 Å². The number of pyridine rings is 1. The van der Waals surface area contributed by atoms with Gasteiger partial charge in [-0.2, -0.15) is 13.2 Å². The van der Waals surface area contributed by atoms with Gasteiger partial charge in [-0.25, -0.2) is 9.37 Å². The summed E-state index contributed by atoms with van der Waals surface area (Å²) < 4.78 is 58.0. The van der Waals surface area contributed by atoms with Crippen LogP contribution in [0.4, 0.5) is 34.8 Å². The van der Waals surface area contributed by atoms with Gasteiger partial charge in [-0.3, -0.25) is 4.79 Å². The minimum absolute atomic E-state index is 0.00953. The summed E-state index contributed by atoms with van der Waals surface area (Å²) in [5, 5.41) is 12.5. The molecule has 11 heteroatoms. The van der Waals surface area contributed by atoms with Crippen LogP contribution in [0.5, 0.6) is 5.75 Å². The zero-order valence-electron chi connectivity index (χ0n) is 16.7. The van der Waals surface area contributed by atoms with Crippen molar-refractivity contribution in [3.63, 3.8) is 0 Å². The number of nitrogens with one attached hydrogen (secondary N) is 1. The second-order valence-electron chi connectivity index (χ2n) is 7.13. The van der Waals surface area contributed by atoms with Crippen molar-refractivity contribution >= 4 is 34.7 Å². The van der Waals surface area contributed by atoms with Gasteiger partial charge >= 0.3 is 6.18 Å². The number of amides is 1. The smallest absolute Gasteiger partial charge is 0.419 e. The van der Waals surface area contributed by atoms with Gasteiger partial charge in [-0.1, -0.05) is 17.7 Å². The Hall–Kier alpha value is -3.37. The lowest BCUT2D eigenvalue weighted by Gasteiger charge is -2.37. The van der Waals surface area contributed by atoms with Crippen molar-refractivity contribution in [3.8, 4) is 5.75 Å². The predicted molar refractivity (Wildman–Crippen MR) is 114 cm³/mol. The van der Waals surface area contributed by atoms with Gasteiger partial charge in [0, 0.05) is 11.9 Å². The van der Waals surface area contributed by atoms with Crippen LogP contribution < -0.4 is 15.0 Å². The number of ether oxygens (including phenoxy) is 1. The lowest BCUT2D eigenvalue weighted by Crippen LogP contribution is -2.43. The lowest BCUT2D eigenvalue weighted by molar-refractivity contribution is -0.139. The molecule has 2 aromatic carbocycles. The Morgan fingerprint density at radius 2 is 2.03 bits per heavy atom. The van der Waals surface area contributed by atoms with Crippen molar-refractivity contribution in [2.75, 3.05) is 23.4 Å². The monoisotopic (exact) mass is 481 g/mol. The topological polar surface area (TPSA) is 74.7 Å². The molecule has 2 heterocycles. The third-order valence-electron chi connectivity index (χ3n) is 4.99. The number of hydrogen-bond donors (Lipinski definition) is 2. The molecule has 172 valence electrons. The number of benzene rings is 2. The van der Waals surface area contributed by atoms with Crippen molar-refractivity contribution in [3.05, 3.63) is 76.7 Å². The molecular weight excluding hydrogens is 466 g/mol. The molecule has 1 aliphatic heterocycles. The maximum atomic E-state index is 13.9. The highest BCUT2D eigenvalue weighted by atomic mass is 35.5. The third kappa shape index (κ3) is 4.44. The van der Waals surface area contributed by atoms with E-state index in [1.165, 1.54) is 12.3 Å². The van der Waals surface area contributed by atoms with E-state index in [1.807, 2.05) is 0 Å². The first-order chi connectivity index (χ1) is 15.7. The van der Waals surface area contributed by atoms with Crippen molar-refractivity contribution in [1.82, 2.24) is 4.98 Å². The maximum Gasteiger partial charge on any atom is 0.419 e. The van der Waals surface area contributed by atoms with Crippen molar-refractivity contribution < 1.29 is 32.2 Å². The molecule has 0 bridgehead atoms. The zero-order valence-corrected chi connectivity index (χ0v) is 17.5. The van der Waals surface area contributed by atoms with Gasteiger partial charge in [0.25, 0.3) is 5.91 Å². The molecule has 3 aromatic rings. The van der Waals surface area contributed by atoms with Crippen LogP contribution in [0.25, 0.3) is 0 Å². The van der Waals surface area contributed by atoms with Gasteiger partial charge in [0.2, 0.25) is 0 Å². The third-order valence-corrected chi connectivity index (χ3v) is 5.29. The van der Waals surface area contributed by atoms with E-state index in [2.05, 4.69) is 10.3 Å². The fourth-order valence-electron chi connectivity index (χ4n) is 3.49. The van der Waals surface area contributed by atoms with Crippen LogP contribution in [0.2, 0.25) is 5.02 Å². The molecule has 0 saturated heterocycles. The van der Waals surface area contributed by atoms with Crippen molar-refractivity contribution in [1.29, 1.82) is 0 Å². The summed E-state index contributed by atoms with van der Waals surface area (Å²) in [6.45, 7) is -0.275. The average Bonchev–Trinajstić information content (AvgIpc) is 2.77. The molecule has 0 aliphatic carbocycles. The number of aliphatic hydroxyl groups is 1. The largest absolute Gasteiger partial charge is 0.488 e. The van der Waals surface area contributed by atoms with E-state index < -0.39 is 29.5 Å². The summed E-state index contributed by atoms with van der Waals surface area (Å²) in [7, 11) is 0. The number of carbonyl (C=O) groups excluding carboxylic acids is 1. The van der Waals surface area contributed by atoms with Gasteiger partial charge in [-0.05, 0) is 42.5 Å². The van der Waals surface area contributed by atoms with Gasteiger partial charge in [-0.15, -0.1) is 0 Å². The quantitative estimate of drug-likeness (QED) is 0.511. The van der Waals surface area contributed by atoms with E-state index in [0.717, 1.165) is 6.07 Å². The number of hydrogen-bond acceptors (Lipinski definition) is 5. The van der Waals surface area contributed by atoms with Gasteiger partial charge in [0.05, 0.1) is 34.5 Å². The first-order valence-electron chi connectivity index (χ1n) is 9.65. The Balaban J connectivity index is 1.69. The number of rotatable bonds is 4. The number of carbonyl (C=O) groups is 1. The summed E-state index contributed by atoms with van der Waals surface area (Å²) in [6.07, 6.45) is -3.32. The molecule has 1 unspecified atom stereocenters. The highest BCUT2D eigenvalue weighted by Crippen LogP contribution is 2.42. The van der Waals surface area contributed by atoms with Crippen LogP contribution in [-0.4, -0.2) is 35.3 Å². The molecule has 1 aliphatic rings.